The molecule has 0 aromatic heterocycles. The van der Waals surface area contributed by atoms with Crippen LogP contribution in [-0.2, 0) is 0 Å². The topological polar surface area (TPSA) is 46.5 Å². The van der Waals surface area contributed by atoms with Crippen molar-refractivity contribution in [1.29, 1.82) is 0 Å². The van der Waals surface area contributed by atoms with Crippen LogP contribution in [0.5, 0.6) is 11.5 Å². The zero-order valence-corrected chi connectivity index (χ0v) is 9.19. The molecule has 1 aromatic rings. The first-order valence-corrected chi connectivity index (χ1v) is 5.74. The van der Waals surface area contributed by atoms with E-state index in [4.69, 9.17) is 4.74 Å². The molecule has 3 nitrogen and oxygen atoms in total. The number of carbonyl (C=O) groups is 1. The number of phenols is 1. The van der Waals surface area contributed by atoms with Crippen LogP contribution in [0.25, 0.3) is 0 Å². The molecule has 1 saturated carbocycles. The SMILES string of the molecule is O=Cc1cc(O)cc(OC2CCCCC2)c1. The average molecular weight is 220 g/mol. The highest BCUT2D eigenvalue weighted by Crippen LogP contribution is 2.26. The van der Waals surface area contributed by atoms with Gasteiger partial charge in [0.15, 0.2) is 0 Å². The number of carbonyl (C=O) groups excluding carboxylic acids is 1. The van der Waals surface area contributed by atoms with Crippen molar-refractivity contribution in [2.75, 3.05) is 0 Å². The number of hydrogen-bond donors (Lipinski definition) is 1. The number of benzene rings is 1. The van der Waals surface area contributed by atoms with E-state index >= 15 is 0 Å². The van der Waals surface area contributed by atoms with Crippen LogP contribution in [0.4, 0.5) is 0 Å². The molecule has 0 radical (unpaired) electrons. The van der Waals surface area contributed by atoms with Crippen molar-refractivity contribution in [3.05, 3.63) is 23.8 Å². The first-order chi connectivity index (χ1) is 7.78. The zero-order chi connectivity index (χ0) is 11.4. The van der Waals surface area contributed by atoms with Crippen LogP contribution in [0.15, 0.2) is 18.2 Å². The van der Waals surface area contributed by atoms with E-state index in [1.807, 2.05) is 0 Å². The molecule has 0 atom stereocenters. The first-order valence-electron chi connectivity index (χ1n) is 5.74. The van der Waals surface area contributed by atoms with Gasteiger partial charge in [-0.3, -0.25) is 4.79 Å². The van der Waals surface area contributed by atoms with E-state index in [2.05, 4.69) is 0 Å². The molecular formula is C13H16O3. The predicted molar refractivity (Wildman–Crippen MR) is 61.0 cm³/mol. The lowest BCUT2D eigenvalue weighted by atomic mass is 9.98. The summed E-state index contributed by atoms with van der Waals surface area (Å²) in [6.45, 7) is 0. The summed E-state index contributed by atoms with van der Waals surface area (Å²) in [7, 11) is 0. The maximum atomic E-state index is 10.6. The minimum absolute atomic E-state index is 0.0791. The van der Waals surface area contributed by atoms with E-state index in [0.717, 1.165) is 12.8 Å². The highest BCUT2D eigenvalue weighted by molar-refractivity contribution is 5.76. The summed E-state index contributed by atoms with van der Waals surface area (Å²) in [6.07, 6.45) is 6.74. The van der Waals surface area contributed by atoms with Gasteiger partial charge in [-0.2, -0.15) is 0 Å². The van der Waals surface area contributed by atoms with Gasteiger partial charge in [0.2, 0.25) is 0 Å². The first kappa shape index (κ1) is 11.0. The van der Waals surface area contributed by atoms with Crippen LogP contribution in [0.1, 0.15) is 42.5 Å². The Balaban J connectivity index is 2.07. The molecule has 0 heterocycles. The highest BCUT2D eigenvalue weighted by atomic mass is 16.5. The van der Waals surface area contributed by atoms with E-state index in [-0.39, 0.29) is 11.9 Å². The summed E-state index contributed by atoms with van der Waals surface area (Å²) < 4.78 is 5.76. The lowest BCUT2D eigenvalue weighted by molar-refractivity contribution is 0.112. The van der Waals surface area contributed by atoms with Crippen molar-refractivity contribution < 1.29 is 14.6 Å². The zero-order valence-electron chi connectivity index (χ0n) is 9.19. The van der Waals surface area contributed by atoms with Gasteiger partial charge in [-0.1, -0.05) is 6.42 Å². The van der Waals surface area contributed by atoms with Gasteiger partial charge in [0.25, 0.3) is 0 Å². The van der Waals surface area contributed by atoms with Crippen LogP contribution >= 0.6 is 0 Å². The monoisotopic (exact) mass is 220 g/mol. The highest BCUT2D eigenvalue weighted by Gasteiger charge is 2.15. The fraction of sp³-hybridized carbons (Fsp3) is 0.462. The Hall–Kier alpha value is -1.51. The molecule has 0 spiro atoms. The van der Waals surface area contributed by atoms with Gasteiger partial charge in [0, 0.05) is 11.6 Å². The number of ether oxygens (including phenoxy) is 1. The van der Waals surface area contributed by atoms with Crippen LogP contribution in [0.2, 0.25) is 0 Å². The van der Waals surface area contributed by atoms with Crippen molar-refractivity contribution >= 4 is 6.29 Å². The van der Waals surface area contributed by atoms with Crippen molar-refractivity contribution in [2.45, 2.75) is 38.2 Å². The minimum atomic E-state index is 0.0791. The Bertz CT molecular complexity index is 367. The van der Waals surface area contributed by atoms with E-state index in [0.29, 0.717) is 17.6 Å². The molecule has 1 aliphatic rings. The number of aromatic hydroxyl groups is 1. The Kier molecular flexibility index (Phi) is 3.44. The van der Waals surface area contributed by atoms with Crippen LogP contribution < -0.4 is 4.74 Å². The van der Waals surface area contributed by atoms with Gasteiger partial charge in [-0.25, -0.2) is 0 Å². The summed E-state index contributed by atoms with van der Waals surface area (Å²) in [5, 5.41) is 9.42. The largest absolute Gasteiger partial charge is 0.508 e. The summed E-state index contributed by atoms with van der Waals surface area (Å²) >= 11 is 0. The summed E-state index contributed by atoms with van der Waals surface area (Å²) in [5.74, 6) is 0.671. The maximum absolute atomic E-state index is 10.6. The van der Waals surface area contributed by atoms with Crippen molar-refractivity contribution in [2.24, 2.45) is 0 Å². The lowest BCUT2D eigenvalue weighted by Crippen LogP contribution is -2.19. The Labute approximate surface area is 95.0 Å². The molecule has 86 valence electrons. The molecule has 0 bridgehead atoms. The molecule has 0 saturated heterocycles. The molecule has 1 fully saturated rings. The number of phenolic OH excluding ortho intramolecular Hbond substituents is 1. The van der Waals surface area contributed by atoms with Crippen molar-refractivity contribution in [3.8, 4) is 11.5 Å². The van der Waals surface area contributed by atoms with Crippen molar-refractivity contribution in [1.82, 2.24) is 0 Å². The van der Waals surface area contributed by atoms with Gasteiger partial charge < -0.3 is 9.84 Å². The maximum Gasteiger partial charge on any atom is 0.150 e. The van der Waals surface area contributed by atoms with Crippen LogP contribution in [0, 0.1) is 0 Å². The van der Waals surface area contributed by atoms with Crippen LogP contribution in [-0.4, -0.2) is 17.5 Å². The second-order valence-corrected chi connectivity index (χ2v) is 4.26. The summed E-state index contributed by atoms with van der Waals surface area (Å²) in [4.78, 5) is 10.6. The molecule has 1 aromatic carbocycles. The van der Waals surface area contributed by atoms with E-state index in [1.54, 1.807) is 12.1 Å². The Morgan fingerprint density at radius 1 is 1.19 bits per heavy atom. The van der Waals surface area contributed by atoms with Gasteiger partial charge in [0.05, 0.1) is 6.10 Å². The smallest absolute Gasteiger partial charge is 0.150 e. The molecular weight excluding hydrogens is 204 g/mol. The summed E-state index contributed by atoms with van der Waals surface area (Å²) in [5.41, 5.74) is 0.450. The molecule has 2 rings (SSSR count). The third-order valence-corrected chi connectivity index (χ3v) is 2.90. The molecule has 0 unspecified atom stereocenters. The van der Waals surface area contributed by atoms with E-state index in [1.165, 1.54) is 25.3 Å². The number of hydrogen-bond acceptors (Lipinski definition) is 3. The standard InChI is InChI=1S/C13H16O3/c14-9-10-6-11(15)8-13(7-10)16-12-4-2-1-3-5-12/h6-9,12,15H,1-5H2. The lowest BCUT2D eigenvalue weighted by Gasteiger charge is -2.23. The normalized spacial score (nSPS) is 17.0. The van der Waals surface area contributed by atoms with Gasteiger partial charge in [-0.15, -0.1) is 0 Å². The van der Waals surface area contributed by atoms with Crippen molar-refractivity contribution in [3.63, 3.8) is 0 Å². The molecule has 1 N–H and O–H groups in total. The predicted octanol–water partition coefficient (Wildman–Crippen LogP) is 2.92. The molecule has 3 heteroatoms. The van der Waals surface area contributed by atoms with E-state index < -0.39 is 0 Å². The van der Waals surface area contributed by atoms with Gasteiger partial charge >= 0.3 is 0 Å². The molecule has 1 aliphatic carbocycles. The molecule has 0 amide bonds. The quantitative estimate of drug-likeness (QED) is 0.797. The molecule has 16 heavy (non-hydrogen) atoms. The molecule has 0 aliphatic heterocycles. The minimum Gasteiger partial charge on any atom is -0.508 e. The number of rotatable bonds is 3. The Morgan fingerprint density at radius 3 is 2.62 bits per heavy atom. The summed E-state index contributed by atoms with van der Waals surface area (Å²) in [6, 6.07) is 4.66. The Morgan fingerprint density at radius 2 is 1.94 bits per heavy atom. The van der Waals surface area contributed by atoms with Gasteiger partial charge in [-0.05, 0) is 37.8 Å². The van der Waals surface area contributed by atoms with Gasteiger partial charge in [0.1, 0.15) is 17.8 Å². The van der Waals surface area contributed by atoms with E-state index in [9.17, 15) is 9.90 Å². The average Bonchev–Trinajstić information content (AvgIpc) is 2.29. The second kappa shape index (κ2) is 5.01. The fourth-order valence-electron chi connectivity index (χ4n) is 2.12. The van der Waals surface area contributed by atoms with Crippen LogP contribution in [0.3, 0.4) is 0 Å². The fourth-order valence-corrected chi connectivity index (χ4v) is 2.12. The second-order valence-electron chi connectivity index (χ2n) is 4.26. The third kappa shape index (κ3) is 2.75. The number of aldehydes is 1. The third-order valence-electron chi connectivity index (χ3n) is 2.90.